The quantitative estimate of drug-likeness (QED) is 0.704. The standard InChI is InChI=1S/C11H11ClN2O2/c12-9-4-7-2-1-3-11(8(7)5-13-9)6-16-10(15)14-11/h4-5H,1-3,6H2,(H,14,15)/t11-/m1/s1. The summed E-state index contributed by atoms with van der Waals surface area (Å²) in [6.45, 7) is 0.391. The van der Waals surface area contributed by atoms with Gasteiger partial charge in [-0.2, -0.15) is 0 Å². The number of carbonyl (C=O) groups excluding carboxylic acids is 1. The van der Waals surface area contributed by atoms with Gasteiger partial charge >= 0.3 is 6.09 Å². The molecule has 5 heteroatoms. The third-order valence-electron chi connectivity index (χ3n) is 3.31. The van der Waals surface area contributed by atoms with E-state index < -0.39 is 0 Å². The summed E-state index contributed by atoms with van der Waals surface area (Å²) in [6.07, 6.45) is 4.32. The predicted molar refractivity (Wildman–Crippen MR) is 58.3 cm³/mol. The summed E-state index contributed by atoms with van der Waals surface area (Å²) < 4.78 is 5.02. The summed E-state index contributed by atoms with van der Waals surface area (Å²) in [5.41, 5.74) is 1.84. The zero-order valence-corrected chi connectivity index (χ0v) is 9.38. The molecule has 1 spiro atoms. The number of aromatic nitrogens is 1. The van der Waals surface area contributed by atoms with Gasteiger partial charge < -0.3 is 10.1 Å². The van der Waals surface area contributed by atoms with Crippen molar-refractivity contribution in [2.45, 2.75) is 24.8 Å². The Morgan fingerprint density at radius 2 is 2.44 bits per heavy atom. The van der Waals surface area contributed by atoms with E-state index in [-0.39, 0.29) is 11.6 Å². The monoisotopic (exact) mass is 238 g/mol. The maximum Gasteiger partial charge on any atom is 0.408 e. The maximum absolute atomic E-state index is 11.2. The zero-order chi connectivity index (χ0) is 11.2. The van der Waals surface area contributed by atoms with E-state index in [0.29, 0.717) is 11.8 Å². The molecule has 0 aromatic carbocycles. The molecule has 0 unspecified atom stereocenters. The Bertz CT molecular complexity index is 463. The molecule has 0 saturated carbocycles. The molecule has 1 N–H and O–H groups in total. The number of fused-ring (bicyclic) bond motifs is 2. The third-order valence-corrected chi connectivity index (χ3v) is 3.52. The lowest BCUT2D eigenvalue weighted by atomic mass is 9.78. The number of hydrogen-bond donors (Lipinski definition) is 1. The van der Waals surface area contributed by atoms with Crippen LogP contribution in [0.4, 0.5) is 4.79 Å². The molecule has 1 amide bonds. The third kappa shape index (κ3) is 1.37. The molecule has 1 aromatic rings. The number of aryl methyl sites for hydroxylation is 1. The molecule has 1 atom stereocenters. The number of nitrogens with zero attached hydrogens (tertiary/aromatic N) is 1. The minimum atomic E-state index is -0.373. The summed E-state index contributed by atoms with van der Waals surface area (Å²) in [5, 5.41) is 3.40. The largest absolute Gasteiger partial charge is 0.447 e. The van der Waals surface area contributed by atoms with E-state index in [9.17, 15) is 4.79 Å². The molecule has 2 aliphatic rings. The van der Waals surface area contributed by atoms with Crippen LogP contribution in [0.15, 0.2) is 12.3 Å². The normalized spacial score (nSPS) is 27.4. The van der Waals surface area contributed by atoms with Crippen LogP contribution >= 0.6 is 11.6 Å². The van der Waals surface area contributed by atoms with Crippen LogP contribution in [0.5, 0.6) is 0 Å². The molecule has 1 aliphatic carbocycles. The highest BCUT2D eigenvalue weighted by Crippen LogP contribution is 2.38. The molecule has 4 nitrogen and oxygen atoms in total. The number of pyridine rings is 1. The molecule has 1 saturated heterocycles. The van der Waals surface area contributed by atoms with Crippen molar-refractivity contribution in [3.63, 3.8) is 0 Å². The molecule has 0 radical (unpaired) electrons. The fraction of sp³-hybridized carbons (Fsp3) is 0.455. The van der Waals surface area contributed by atoms with Crippen molar-refractivity contribution in [3.8, 4) is 0 Å². The van der Waals surface area contributed by atoms with E-state index >= 15 is 0 Å². The summed E-state index contributed by atoms with van der Waals surface area (Å²) in [7, 11) is 0. The van der Waals surface area contributed by atoms with E-state index in [4.69, 9.17) is 16.3 Å². The Balaban J connectivity index is 2.09. The van der Waals surface area contributed by atoms with Crippen molar-refractivity contribution in [2.75, 3.05) is 6.61 Å². The number of hydrogen-bond acceptors (Lipinski definition) is 3. The zero-order valence-electron chi connectivity index (χ0n) is 8.62. The predicted octanol–water partition coefficient (Wildman–Crippen LogP) is 2.01. The van der Waals surface area contributed by atoms with Gasteiger partial charge in [0.25, 0.3) is 0 Å². The number of carbonyl (C=O) groups is 1. The van der Waals surface area contributed by atoms with Gasteiger partial charge in [-0.15, -0.1) is 0 Å². The number of halogens is 1. The van der Waals surface area contributed by atoms with Gasteiger partial charge in [-0.25, -0.2) is 9.78 Å². The van der Waals surface area contributed by atoms with Crippen LogP contribution in [0, 0.1) is 0 Å². The molecule has 2 heterocycles. The first kappa shape index (κ1) is 9.90. The number of rotatable bonds is 0. The first-order valence-electron chi connectivity index (χ1n) is 5.29. The van der Waals surface area contributed by atoms with Gasteiger partial charge in [0.05, 0.1) is 0 Å². The van der Waals surface area contributed by atoms with E-state index in [1.165, 1.54) is 0 Å². The van der Waals surface area contributed by atoms with Crippen molar-refractivity contribution >= 4 is 17.7 Å². The molecule has 1 aliphatic heterocycles. The summed E-state index contributed by atoms with van der Waals surface area (Å²) >= 11 is 5.87. The van der Waals surface area contributed by atoms with E-state index in [2.05, 4.69) is 10.3 Å². The Kier molecular flexibility index (Phi) is 2.07. The Morgan fingerprint density at radius 3 is 3.19 bits per heavy atom. The minimum absolute atomic E-state index is 0.345. The average molecular weight is 239 g/mol. The van der Waals surface area contributed by atoms with Crippen LogP contribution in [0.3, 0.4) is 0 Å². The SMILES string of the molecule is O=C1N[C@]2(CCCc3cc(Cl)ncc32)CO1. The van der Waals surface area contributed by atoms with Gasteiger partial charge in [0.1, 0.15) is 17.3 Å². The van der Waals surface area contributed by atoms with Gasteiger partial charge in [-0.05, 0) is 30.9 Å². The Labute approximate surface area is 98.0 Å². The van der Waals surface area contributed by atoms with Gasteiger partial charge in [0, 0.05) is 11.8 Å². The van der Waals surface area contributed by atoms with Crippen molar-refractivity contribution in [2.24, 2.45) is 0 Å². The van der Waals surface area contributed by atoms with Crippen LogP contribution in [0.1, 0.15) is 24.0 Å². The number of alkyl carbamates (subject to hydrolysis) is 1. The van der Waals surface area contributed by atoms with E-state index in [1.807, 2.05) is 6.07 Å². The van der Waals surface area contributed by atoms with Crippen molar-refractivity contribution in [1.29, 1.82) is 0 Å². The Morgan fingerprint density at radius 1 is 1.56 bits per heavy atom. The number of nitrogens with one attached hydrogen (secondary N) is 1. The summed E-state index contributed by atoms with van der Waals surface area (Å²) in [4.78, 5) is 15.3. The summed E-state index contributed by atoms with van der Waals surface area (Å²) in [5.74, 6) is 0. The van der Waals surface area contributed by atoms with Gasteiger partial charge in [0.15, 0.2) is 0 Å². The molecule has 84 valence electrons. The molecule has 16 heavy (non-hydrogen) atoms. The Hall–Kier alpha value is -1.29. The van der Waals surface area contributed by atoms with E-state index in [1.54, 1.807) is 6.20 Å². The average Bonchev–Trinajstić information content (AvgIpc) is 2.61. The van der Waals surface area contributed by atoms with Crippen molar-refractivity contribution < 1.29 is 9.53 Å². The lowest BCUT2D eigenvalue weighted by molar-refractivity contribution is 0.169. The highest BCUT2D eigenvalue weighted by atomic mass is 35.5. The van der Waals surface area contributed by atoms with Crippen LogP contribution in [0.2, 0.25) is 5.15 Å². The highest BCUT2D eigenvalue weighted by Gasteiger charge is 2.44. The molecular weight excluding hydrogens is 228 g/mol. The summed E-state index contributed by atoms with van der Waals surface area (Å²) in [6, 6.07) is 1.88. The van der Waals surface area contributed by atoms with E-state index in [0.717, 1.165) is 30.4 Å². The molecular formula is C11H11ClN2O2. The first-order valence-corrected chi connectivity index (χ1v) is 5.67. The smallest absolute Gasteiger partial charge is 0.408 e. The van der Waals surface area contributed by atoms with Crippen molar-refractivity contribution in [1.82, 2.24) is 10.3 Å². The van der Waals surface area contributed by atoms with Crippen LogP contribution in [-0.2, 0) is 16.7 Å². The van der Waals surface area contributed by atoms with Crippen LogP contribution in [-0.4, -0.2) is 17.7 Å². The second kappa shape index (κ2) is 3.35. The lowest BCUT2D eigenvalue weighted by Gasteiger charge is -2.32. The van der Waals surface area contributed by atoms with Gasteiger partial charge in [-0.3, -0.25) is 0 Å². The highest BCUT2D eigenvalue weighted by molar-refractivity contribution is 6.29. The van der Waals surface area contributed by atoms with Crippen LogP contribution in [0.25, 0.3) is 0 Å². The second-order valence-electron chi connectivity index (χ2n) is 4.30. The van der Waals surface area contributed by atoms with Gasteiger partial charge in [-0.1, -0.05) is 11.6 Å². The minimum Gasteiger partial charge on any atom is -0.447 e. The van der Waals surface area contributed by atoms with Crippen LogP contribution < -0.4 is 5.32 Å². The molecule has 0 bridgehead atoms. The number of ether oxygens (including phenoxy) is 1. The maximum atomic E-state index is 11.2. The molecule has 1 aromatic heterocycles. The number of cyclic esters (lactones) is 1. The fourth-order valence-corrected chi connectivity index (χ4v) is 2.74. The lowest BCUT2D eigenvalue weighted by Crippen LogP contribution is -2.43. The molecule has 1 fully saturated rings. The fourth-order valence-electron chi connectivity index (χ4n) is 2.56. The van der Waals surface area contributed by atoms with Gasteiger partial charge in [0.2, 0.25) is 0 Å². The number of amides is 1. The topological polar surface area (TPSA) is 51.2 Å². The van der Waals surface area contributed by atoms with Crippen molar-refractivity contribution in [3.05, 3.63) is 28.5 Å². The molecule has 3 rings (SSSR count). The second-order valence-corrected chi connectivity index (χ2v) is 4.69. The first-order chi connectivity index (χ1) is 7.70.